The molecule has 0 bridgehead atoms. The number of aromatic carboxylic acids is 1. The summed E-state index contributed by atoms with van der Waals surface area (Å²) >= 11 is 0. The molecule has 7 heteroatoms. The van der Waals surface area contributed by atoms with E-state index in [1.54, 1.807) is 24.3 Å². The van der Waals surface area contributed by atoms with Gasteiger partial charge in [-0.15, -0.1) is 0 Å². The second-order valence-corrected chi connectivity index (χ2v) is 6.17. The molecule has 0 saturated carbocycles. The molecule has 0 fully saturated rings. The first-order valence-electron chi connectivity index (χ1n) is 8.55. The third-order valence-corrected chi connectivity index (χ3v) is 4.43. The number of ether oxygens (including phenoxy) is 1. The quantitative estimate of drug-likeness (QED) is 0.743. The number of para-hydroxylation sites is 2. The fourth-order valence-corrected chi connectivity index (χ4v) is 3.14. The number of carboxylic acid groups (broad SMARTS) is 1. The van der Waals surface area contributed by atoms with Crippen LogP contribution >= 0.6 is 0 Å². The number of rotatable bonds is 4. The maximum atomic E-state index is 12.9. The lowest BCUT2D eigenvalue weighted by atomic mass is 10.0. The van der Waals surface area contributed by atoms with Crippen molar-refractivity contribution in [3.05, 3.63) is 77.6 Å². The van der Waals surface area contributed by atoms with Crippen molar-refractivity contribution in [2.75, 3.05) is 6.61 Å². The summed E-state index contributed by atoms with van der Waals surface area (Å²) in [5.74, 6) is -0.826. The number of carbonyl (C=O) groups excluding carboxylic acids is 1. The summed E-state index contributed by atoms with van der Waals surface area (Å²) in [4.78, 5) is 24.3. The Hall–Kier alpha value is -3.61. The Labute approximate surface area is 155 Å². The number of hydrogen-bond donors (Lipinski definition) is 2. The SMILES string of the molecule is O=C(O)c1cc(C(=O)NC2CCOc3ccccc32)n(-c2ccccc2)n1. The van der Waals surface area contributed by atoms with Gasteiger partial charge in [0.05, 0.1) is 18.3 Å². The average molecular weight is 363 g/mol. The van der Waals surface area contributed by atoms with E-state index in [4.69, 9.17) is 4.74 Å². The minimum atomic E-state index is -1.19. The van der Waals surface area contributed by atoms with Crippen LogP contribution in [0.1, 0.15) is 39.0 Å². The molecule has 1 atom stereocenters. The number of amides is 1. The molecule has 0 saturated heterocycles. The Morgan fingerprint density at radius 3 is 2.63 bits per heavy atom. The third-order valence-electron chi connectivity index (χ3n) is 4.43. The second-order valence-electron chi connectivity index (χ2n) is 6.17. The van der Waals surface area contributed by atoms with Crippen LogP contribution in [0.2, 0.25) is 0 Å². The van der Waals surface area contributed by atoms with Crippen molar-refractivity contribution in [3.8, 4) is 11.4 Å². The molecule has 4 rings (SSSR count). The number of nitrogens with one attached hydrogen (secondary N) is 1. The van der Waals surface area contributed by atoms with Crippen molar-refractivity contribution in [1.82, 2.24) is 15.1 Å². The molecule has 3 aromatic rings. The summed E-state index contributed by atoms with van der Waals surface area (Å²) in [6.07, 6.45) is 0.633. The lowest BCUT2D eigenvalue weighted by Gasteiger charge is -2.26. The van der Waals surface area contributed by atoms with Crippen LogP contribution in [0, 0.1) is 0 Å². The fraction of sp³-hybridized carbons (Fsp3) is 0.150. The molecule has 136 valence electrons. The van der Waals surface area contributed by atoms with Crippen LogP contribution in [0.15, 0.2) is 60.7 Å². The predicted octanol–water partition coefficient (Wildman–Crippen LogP) is 2.82. The summed E-state index contributed by atoms with van der Waals surface area (Å²) in [6, 6.07) is 17.6. The number of fused-ring (bicyclic) bond motifs is 1. The van der Waals surface area contributed by atoms with E-state index in [1.807, 2.05) is 30.3 Å². The molecule has 2 aromatic carbocycles. The van der Waals surface area contributed by atoms with E-state index in [1.165, 1.54) is 10.7 Å². The molecule has 1 unspecified atom stereocenters. The molecule has 1 aliphatic rings. The van der Waals surface area contributed by atoms with E-state index in [-0.39, 0.29) is 23.3 Å². The third kappa shape index (κ3) is 3.27. The highest BCUT2D eigenvalue weighted by Gasteiger charge is 2.26. The van der Waals surface area contributed by atoms with Gasteiger partial charge in [0.15, 0.2) is 5.69 Å². The Morgan fingerprint density at radius 1 is 1.11 bits per heavy atom. The van der Waals surface area contributed by atoms with Gasteiger partial charge in [0, 0.05) is 18.1 Å². The number of nitrogens with zero attached hydrogens (tertiary/aromatic N) is 2. The van der Waals surface area contributed by atoms with Crippen molar-refractivity contribution in [2.24, 2.45) is 0 Å². The Balaban J connectivity index is 1.67. The zero-order chi connectivity index (χ0) is 18.8. The molecule has 1 aliphatic heterocycles. The van der Waals surface area contributed by atoms with Crippen molar-refractivity contribution < 1.29 is 19.4 Å². The Morgan fingerprint density at radius 2 is 1.85 bits per heavy atom. The summed E-state index contributed by atoms with van der Waals surface area (Å²) in [6.45, 7) is 0.500. The first-order valence-corrected chi connectivity index (χ1v) is 8.55. The number of hydrogen-bond acceptors (Lipinski definition) is 4. The van der Waals surface area contributed by atoms with Gasteiger partial charge in [-0.3, -0.25) is 4.79 Å². The van der Waals surface area contributed by atoms with E-state index in [0.29, 0.717) is 18.7 Å². The van der Waals surface area contributed by atoms with E-state index in [2.05, 4.69) is 10.4 Å². The second kappa shape index (κ2) is 6.95. The van der Waals surface area contributed by atoms with E-state index in [9.17, 15) is 14.7 Å². The predicted molar refractivity (Wildman–Crippen MR) is 97.3 cm³/mol. The molecular weight excluding hydrogens is 346 g/mol. The van der Waals surface area contributed by atoms with Crippen molar-refractivity contribution in [3.63, 3.8) is 0 Å². The van der Waals surface area contributed by atoms with E-state index < -0.39 is 5.97 Å². The van der Waals surface area contributed by atoms with Crippen molar-refractivity contribution in [1.29, 1.82) is 0 Å². The van der Waals surface area contributed by atoms with Crippen LogP contribution in [-0.4, -0.2) is 33.4 Å². The Kier molecular flexibility index (Phi) is 4.33. The standard InChI is InChI=1S/C20H17N3O4/c24-19(21-15-10-11-27-18-9-5-4-8-14(15)18)17-12-16(20(25)26)22-23(17)13-6-2-1-3-7-13/h1-9,12,15H,10-11H2,(H,21,24)(H,25,26). The molecule has 0 radical (unpaired) electrons. The van der Waals surface area contributed by atoms with Gasteiger partial charge in [0.2, 0.25) is 0 Å². The maximum Gasteiger partial charge on any atom is 0.356 e. The molecular formula is C20H17N3O4. The van der Waals surface area contributed by atoms with Gasteiger partial charge in [-0.25, -0.2) is 9.48 Å². The Bertz CT molecular complexity index is 997. The van der Waals surface area contributed by atoms with E-state index >= 15 is 0 Å². The molecule has 27 heavy (non-hydrogen) atoms. The number of benzene rings is 2. The highest BCUT2D eigenvalue weighted by molar-refractivity contribution is 5.96. The highest BCUT2D eigenvalue weighted by atomic mass is 16.5. The summed E-state index contributed by atoms with van der Waals surface area (Å²) in [7, 11) is 0. The van der Waals surface area contributed by atoms with Crippen LogP contribution in [0.4, 0.5) is 0 Å². The first-order chi connectivity index (χ1) is 13.1. The molecule has 1 aromatic heterocycles. The number of carbonyl (C=O) groups is 2. The monoisotopic (exact) mass is 363 g/mol. The molecule has 0 spiro atoms. The fourth-order valence-electron chi connectivity index (χ4n) is 3.14. The first kappa shape index (κ1) is 16.8. The minimum absolute atomic E-state index is 0.169. The molecule has 2 N–H and O–H groups in total. The van der Waals surface area contributed by atoms with Gasteiger partial charge in [-0.1, -0.05) is 36.4 Å². The lowest BCUT2D eigenvalue weighted by Crippen LogP contribution is -2.33. The summed E-state index contributed by atoms with van der Waals surface area (Å²) in [5, 5.41) is 16.3. The average Bonchev–Trinajstić information content (AvgIpc) is 3.15. The van der Waals surface area contributed by atoms with Gasteiger partial charge in [0.25, 0.3) is 5.91 Å². The summed E-state index contributed by atoms with van der Waals surface area (Å²) in [5.41, 5.74) is 1.50. The molecule has 0 aliphatic carbocycles. The topological polar surface area (TPSA) is 93.5 Å². The molecule has 1 amide bonds. The molecule has 7 nitrogen and oxygen atoms in total. The van der Waals surface area contributed by atoms with E-state index in [0.717, 1.165) is 11.3 Å². The van der Waals surface area contributed by atoms with Crippen LogP contribution in [-0.2, 0) is 0 Å². The van der Waals surface area contributed by atoms with Gasteiger partial charge in [-0.05, 0) is 18.2 Å². The van der Waals surface area contributed by atoms with Crippen LogP contribution in [0.5, 0.6) is 5.75 Å². The highest BCUT2D eigenvalue weighted by Crippen LogP contribution is 2.31. The lowest BCUT2D eigenvalue weighted by molar-refractivity contribution is 0.0689. The molecule has 2 heterocycles. The van der Waals surface area contributed by atoms with Gasteiger partial charge in [0.1, 0.15) is 11.4 Å². The van der Waals surface area contributed by atoms with Crippen LogP contribution in [0.25, 0.3) is 5.69 Å². The van der Waals surface area contributed by atoms with Crippen LogP contribution < -0.4 is 10.1 Å². The number of carboxylic acids is 1. The largest absolute Gasteiger partial charge is 0.493 e. The summed E-state index contributed by atoms with van der Waals surface area (Å²) < 4.78 is 6.97. The normalized spacial score (nSPS) is 15.5. The smallest absolute Gasteiger partial charge is 0.356 e. The van der Waals surface area contributed by atoms with Gasteiger partial charge >= 0.3 is 5.97 Å². The number of aromatic nitrogens is 2. The van der Waals surface area contributed by atoms with Crippen molar-refractivity contribution in [2.45, 2.75) is 12.5 Å². The zero-order valence-corrected chi connectivity index (χ0v) is 14.3. The maximum absolute atomic E-state index is 12.9. The minimum Gasteiger partial charge on any atom is -0.493 e. The zero-order valence-electron chi connectivity index (χ0n) is 14.3. The van der Waals surface area contributed by atoms with Gasteiger partial charge < -0.3 is 15.2 Å². The van der Waals surface area contributed by atoms with Crippen LogP contribution in [0.3, 0.4) is 0 Å². The van der Waals surface area contributed by atoms with Gasteiger partial charge in [-0.2, -0.15) is 5.10 Å². The van der Waals surface area contributed by atoms with Crippen molar-refractivity contribution >= 4 is 11.9 Å².